The van der Waals surface area contributed by atoms with Gasteiger partial charge in [-0.05, 0) is 54.7 Å². The molecule has 1 atom stereocenters. The average Bonchev–Trinajstić information content (AvgIpc) is 2.92. The quantitative estimate of drug-likeness (QED) is 0.187. The van der Waals surface area contributed by atoms with Crippen molar-refractivity contribution in [3.05, 3.63) is 101 Å². The SMILES string of the molecule is CCOc1cc(C2C(C#N)=C(N)Oc3cc(OC(=O)/C=C/c4ccccc4)ccc32)ccc1OCCC(C)C. The highest BCUT2D eigenvalue weighted by atomic mass is 16.5. The number of ether oxygens (including phenoxy) is 4. The second kappa shape index (κ2) is 12.7. The van der Waals surface area contributed by atoms with Crippen LogP contribution in [0.5, 0.6) is 23.0 Å². The van der Waals surface area contributed by atoms with Crippen molar-refractivity contribution in [1.29, 1.82) is 5.26 Å². The molecule has 3 aromatic carbocycles. The van der Waals surface area contributed by atoms with Crippen LogP contribution in [0.25, 0.3) is 6.08 Å². The molecule has 0 amide bonds. The van der Waals surface area contributed by atoms with Crippen molar-refractivity contribution in [3.8, 4) is 29.1 Å². The molecule has 1 aliphatic rings. The van der Waals surface area contributed by atoms with E-state index < -0.39 is 11.9 Å². The number of nitriles is 1. The lowest BCUT2D eigenvalue weighted by Crippen LogP contribution is -2.21. The van der Waals surface area contributed by atoms with E-state index in [9.17, 15) is 10.1 Å². The molecule has 3 aromatic rings. The second-order valence-corrected chi connectivity index (χ2v) is 9.46. The highest BCUT2D eigenvalue weighted by Gasteiger charge is 2.31. The molecule has 0 aliphatic carbocycles. The number of allylic oxidation sites excluding steroid dienone is 1. The van der Waals surface area contributed by atoms with Gasteiger partial charge in [-0.25, -0.2) is 4.79 Å². The lowest BCUT2D eigenvalue weighted by atomic mass is 9.83. The van der Waals surface area contributed by atoms with Crippen LogP contribution in [0.3, 0.4) is 0 Å². The molecule has 0 radical (unpaired) electrons. The Labute approximate surface area is 229 Å². The lowest BCUT2D eigenvalue weighted by Gasteiger charge is -2.27. The van der Waals surface area contributed by atoms with Crippen molar-refractivity contribution in [1.82, 2.24) is 0 Å². The predicted molar refractivity (Wildman–Crippen MR) is 149 cm³/mol. The van der Waals surface area contributed by atoms with Gasteiger partial charge in [0.1, 0.15) is 23.1 Å². The molecule has 1 aliphatic heterocycles. The summed E-state index contributed by atoms with van der Waals surface area (Å²) in [6.07, 6.45) is 3.97. The van der Waals surface area contributed by atoms with E-state index >= 15 is 0 Å². The van der Waals surface area contributed by atoms with Crippen LogP contribution < -0.4 is 24.7 Å². The molecule has 2 N–H and O–H groups in total. The Hall–Kier alpha value is -4.70. The smallest absolute Gasteiger partial charge is 0.336 e. The number of nitrogens with two attached hydrogens (primary N) is 1. The zero-order valence-electron chi connectivity index (χ0n) is 22.3. The third-order valence-electron chi connectivity index (χ3n) is 6.17. The largest absolute Gasteiger partial charge is 0.490 e. The van der Waals surface area contributed by atoms with Gasteiger partial charge in [-0.2, -0.15) is 5.26 Å². The summed E-state index contributed by atoms with van der Waals surface area (Å²) in [7, 11) is 0. The van der Waals surface area contributed by atoms with Crippen molar-refractivity contribution < 1.29 is 23.7 Å². The molecule has 0 bridgehead atoms. The van der Waals surface area contributed by atoms with E-state index in [1.54, 1.807) is 24.3 Å². The maximum absolute atomic E-state index is 12.4. The maximum Gasteiger partial charge on any atom is 0.336 e. The normalized spacial score (nSPS) is 14.5. The van der Waals surface area contributed by atoms with Crippen LogP contribution in [0.2, 0.25) is 0 Å². The molecule has 7 nitrogen and oxygen atoms in total. The zero-order chi connectivity index (χ0) is 27.8. The number of carbonyl (C=O) groups is 1. The first-order valence-electron chi connectivity index (χ1n) is 13.0. The molecule has 7 heteroatoms. The molecule has 0 fully saturated rings. The first kappa shape index (κ1) is 27.3. The third kappa shape index (κ3) is 6.79. The molecule has 39 heavy (non-hydrogen) atoms. The highest BCUT2D eigenvalue weighted by Crippen LogP contribution is 2.45. The Morgan fingerprint density at radius 2 is 1.87 bits per heavy atom. The number of hydrogen-bond acceptors (Lipinski definition) is 7. The zero-order valence-corrected chi connectivity index (χ0v) is 22.3. The lowest BCUT2D eigenvalue weighted by molar-refractivity contribution is -0.128. The summed E-state index contributed by atoms with van der Waals surface area (Å²) in [5.41, 5.74) is 8.87. The van der Waals surface area contributed by atoms with Crippen LogP contribution in [0.1, 0.15) is 49.8 Å². The molecule has 200 valence electrons. The average molecular weight is 525 g/mol. The minimum atomic E-state index is -0.526. The fourth-order valence-corrected chi connectivity index (χ4v) is 4.22. The molecule has 1 heterocycles. The molecule has 0 saturated carbocycles. The molecule has 1 unspecified atom stereocenters. The molecule has 0 saturated heterocycles. The van der Waals surface area contributed by atoms with Gasteiger partial charge in [0, 0.05) is 17.7 Å². The van der Waals surface area contributed by atoms with E-state index in [2.05, 4.69) is 19.9 Å². The van der Waals surface area contributed by atoms with Crippen LogP contribution in [0.15, 0.2) is 84.3 Å². The minimum absolute atomic E-state index is 0.00216. The van der Waals surface area contributed by atoms with Crippen LogP contribution in [0, 0.1) is 17.2 Å². The summed E-state index contributed by atoms with van der Waals surface area (Å²) in [6, 6.07) is 22.3. The number of benzene rings is 3. The summed E-state index contributed by atoms with van der Waals surface area (Å²) >= 11 is 0. The molecular formula is C32H32N2O5. The fraction of sp³-hybridized carbons (Fsp3) is 0.250. The van der Waals surface area contributed by atoms with Gasteiger partial charge in [0.25, 0.3) is 0 Å². The number of nitrogens with zero attached hydrogens (tertiary/aromatic N) is 1. The number of fused-ring (bicyclic) bond motifs is 1. The Kier molecular flexibility index (Phi) is 8.90. The minimum Gasteiger partial charge on any atom is -0.490 e. The molecule has 0 aromatic heterocycles. The van der Waals surface area contributed by atoms with Gasteiger partial charge in [-0.1, -0.05) is 56.3 Å². The third-order valence-corrected chi connectivity index (χ3v) is 6.17. The summed E-state index contributed by atoms with van der Waals surface area (Å²) in [6.45, 7) is 7.24. The van der Waals surface area contributed by atoms with Gasteiger partial charge in [0.05, 0.1) is 19.1 Å². The summed E-state index contributed by atoms with van der Waals surface area (Å²) in [5, 5.41) is 9.94. The second-order valence-electron chi connectivity index (χ2n) is 9.46. The summed E-state index contributed by atoms with van der Waals surface area (Å²) in [5.74, 6) is 1.45. The summed E-state index contributed by atoms with van der Waals surface area (Å²) < 4.78 is 23.1. The Morgan fingerprint density at radius 1 is 1.08 bits per heavy atom. The van der Waals surface area contributed by atoms with Crippen molar-refractivity contribution in [2.24, 2.45) is 11.7 Å². The van der Waals surface area contributed by atoms with E-state index in [4.69, 9.17) is 24.7 Å². The standard InChI is InChI=1S/C32H32N2O5/c1-4-36-29-18-23(11-14-27(29)37-17-16-21(2)3)31-25-13-12-24(19-28(25)39-32(34)26(31)20-33)38-30(35)15-10-22-8-6-5-7-9-22/h5-15,18-19,21,31H,4,16-17,34H2,1-3H3/b15-10+. The fourth-order valence-electron chi connectivity index (χ4n) is 4.22. The van der Waals surface area contributed by atoms with Crippen molar-refractivity contribution in [2.75, 3.05) is 13.2 Å². The number of hydrogen-bond donors (Lipinski definition) is 1. The van der Waals surface area contributed by atoms with Gasteiger partial charge in [0.15, 0.2) is 11.5 Å². The molecular weight excluding hydrogens is 492 g/mol. The van der Waals surface area contributed by atoms with Gasteiger partial charge in [0.2, 0.25) is 5.88 Å². The van der Waals surface area contributed by atoms with Crippen molar-refractivity contribution >= 4 is 12.0 Å². The van der Waals surface area contributed by atoms with E-state index in [0.717, 1.165) is 23.1 Å². The van der Waals surface area contributed by atoms with Crippen LogP contribution >= 0.6 is 0 Å². The maximum atomic E-state index is 12.4. The number of rotatable bonds is 10. The van der Waals surface area contributed by atoms with E-state index in [1.165, 1.54) is 6.08 Å². The highest BCUT2D eigenvalue weighted by molar-refractivity contribution is 5.88. The van der Waals surface area contributed by atoms with E-state index in [-0.39, 0.29) is 11.5 Å². The monoisotopic (exact) mass is 524 g/mol. The number of carbonyl (C=O) groups excluding carboxylic acids is 1. The van der Waals surface area contributed by atoms with Gasteiger partial charge >= 0.3 is 5.97 Å². The van der Waals surface area contributed by atoms with Gasteiger partial charge in [-0.3, -0.25) is 0 Å². The Morgan fingerprint density at radius 3 is 2.59 bits per heavy atom. The van der Waals surface area contributed by atoms with Crippen molar-refractivity contribution in [2.45, 2.75) is 33.1 Å². The van der Waals surface area contributed by atoms with Gasteiger partial charge in [-0.15, -0.1) is 0 Å². The molecule has 0 spiro atoms. The first-order chi connectivity index (χ1) is 18.9. The van der Waals surface area contributed by atoms with Crippen LogP contribution in [0.4, 0.5) is 0 Å². The van der Waals surface area contributed by atoms with E-state index in [0.29, 0.717) is 42.1 Å². The Balaban J connectivity index is 1.61. The number of esters is 1. The summed E-state index contributed by atoms with van der Waals surface area (Å²) in [4.78, 5) is 12.4. The van der Waals surface area contributed by atoms with Crippen LogP contribution in [-0.4, -0.2) is 19.2 Å². The topological polar surface area (TPSA) is 104 Å². The molecule has 4 rings (SSSR count). The first-order valence-corrected chi connectivity index (χ1v) is 13.0. The van der Waals surface area contributed by atoms with Gasteiger partial charge < -0.3 is 24.7 Å². The van der Waals surface area contributed by atoms with Crippen LogP contribution in [-0.2, 0) is 4.79 Å². The van der Waals surface area contributed by atoms with E-state index in [1.807, 2.05) is 55.5 Å². The Bertz CT molecular complexity index is 1420. The predicted octanol–water partition coefficient (Wildman–Crippen LogP) is 6.35. The van der Waals surface area contributed by atoms with Crippen molar-refractivity contribution in [3.63, 3.8) is 0 Å².